The van der Waals surface area contributed by atoms with Gasteiger partial charge >= 0.3 is 0 Å². The molecule has 0 aliphatic heterocycles. The molecular weight excluding hydrogens is 180 g/mol. The molecule has 2 aliphatic rings. The van der Waals surface area contributed by atoms with Crippen LogP contribution in [0, 0.1) is 35.0 Å². The third-order valence-electron chi connectivity index (χ3n) is 6.07. The van der Waals surface area contributed by atoms with Crippen LogP contribution in [0.15, 0.2) is 0 Å². The number of hydrogen-bond acceptors (Lipinski definition) is 0. The minimum absolute atomic E-state index is 0.685. The number of hydrogen-bond donors (Lipinski definition) is 0. The van der Waals surface area contributed by atoms with Crippen LogP contribution in [0.3, 0.4) is 0 Å². The molecule has 2 fully saturated rings. The van der Waals surface area contributed by atoms with Gasteiger partial charge < -0.3 is 0 Å². The van der Waals surface area contributed by atoms with Crippen LogP contribution in [0.1, 0.15) is 60.3 Å². The summed E-state index contributed by atoms with van der Waals surface area (Å²) >= 11 is 0. The minimum Gasteiger partial charge on any atom is -0.0625 e. The van der Waals surface area contributed by atoms with Crippen LogP contribution in [-0.2, 0) is 0 Å². The van der Waals surface area contributed by atoms with Crippen LogP contribution < -0.4 is 0 Å². The van der Waals surface area contributed by atoms with E-state index in [-0.39, 0.29) is 0 Å². The molecule has 0 aromatic heterocycles. The summed E-state index contributed by atoms with van der Waals surface area (Å²) < 4.78 is 0. The van der Waals surface area contributed by atoms with Crippen LogP contribution in [0.2, 0.25) is 0 Å². The van der Waals surface area contributed by atoms with Crippen molar-refractivity contribution in [2.45, 2.75) is 60.3 Å². The highest BCUT2D eigenvalue weighted by molar-refractivity contribution is 5.00. The highest BCUT2D eigenvalue weighted by atomic mass is 14.6. The van der Waals surface area contributed by atoms with Gasteiger partial charge in [0.25, 0.3) is 0 Å². The lowest BCUT2D eigenvalue weighted by atomic mass is 9.57. The molecule has 5 atom stereocenters. The maximum absolute atomic E-state index is 2.57. The van der Waals surface area contributed by atoms with E-state index in [2.05, 4.69) is 34.6 Å². The second kappa shape index (κ2) is 3.79. The summed E-state index contributed by atoms with van der Waals surface area (Å²) in [5, 5.41) is 0. The SMILES string of the molecule is CC(C)[C@@H]1CC[C@]2(C)C(CC[C@@H]2C)[C@H]1C. The maximum atomic E-state index is 2.57. The smallest absolute Gasteiger partial charge is 0.0269 e. The molecule has 0 aromatic rings. The Morgan fingerprint density at radius 2 is 1.73 bits per heavy atom. The van der Waals surface area contributed by atoms with E-state index in [0.717, 1.165) is 29.6 Å². The second-order valence-electron chi connectivity index (χ2n) is 6.90. The molecule has 0 heteroatoms. The van der Waals surface area contributed by atoms with Crippen LogP contribution in [0.25, 0.3) is 0 Å². The number of fused-ring (bicyclic) bond motifs is 1. The summed E-state index contributed by atoms with van der Waals surface area (Å²) in [5.41, 5.74) is 0.685. The summed E-state index contributed by atoms with van der Waals surface area (Å²) in [6, 6.07) is 0. The van der Waals surface area contributed by atoms with Crippen molar-refractivity contribution < 1.29 is 0 Å². The van der Waals surface area contributed by atoms with Crippen molar-refractivity contribution in [3.8, 4) is 0 Å². The van der Waals surface area contributed by atoms with Crippen molar-refractivity contribution >= 4 is 0 Å². The van der Waals surface area contributed by atoms with Gasteiger partial charge in [-0.05, 0) is 60.7 Å². The predicted octanol–water partition coefficient (Wildman–Crippen LogP) is 4.74. The molecule has 2 rings (SSSR count). The Kier molecular flexibility index (Phi) is 2.90. The average molecular weight is 208 g/mol. The zero-order valence-corrected chi connectivity index (χ0v) is 11.2. The molecule has 0 aromatic carbocycles. The monoisotopic (exact) mass is 208 g/mol. The molecule has 1 unspecified atom stereocenters. The third kappa shape index (κ3) is 1.65. The van der Waals surface area contributed by atoms with Gasteiger partial charge in [-0.2, -0.15) is 0 Å². The Hall–Kier alpha value is 0. The molecule has 0 nitrogen and oxygen atoms in total. The van der Waals surface area contributed by atoms with Gasteiger partial charge in [-0.25, -0.2) is 0 Å². The van der Waals surface area contributed by atoms with Crippen LogP contribution >= 0.6 is 0 Å². The number of rotatable bonds is 1. The average Bonchev–Trinajstić information content (AvgIpc) is 2.44. The predicted molar refractivity (Wildman–Crippen MR) is 66.7 cm³/mol. The highest BCUT2D eigenvalue weighted by Gasteiger charge is 2.50. The van der Waals surface area contributed by atoms with E-state index in [1.807, 2.05) is 0 Å². The highest BCUT2D eigenvalue weighted by Crippen LogP contribution is 2.59. The van der Waals surface area contributed by atoms with Crippen molar-refractivity contribution in [1.29, 1.82) is 0 Å². The van der Waals surface area contributed by atoms with Crippen LogP contribution in [0.5, 0.6) is 0 Å². The molecule has 0 bridgehead atoms. The van der Waals surface area contributed by atoms with Crippen molar-refractivity contribution in [1.82, 2.24) is 0 Å². The van der Waals surface area contributed by atoms with Crippen molar-refractivity contribution in [2.24, 2.45) is 35.0 Å². The maximum Gasteiger partial charge on any atom is -0.0269 e. The summed E-state index contributed by atoms with van der Waals surface area (Å²) in [6.45, 7) is 12.4. The summed E-state index contributed by atoms with van der Waals surface area (Å²) in [6.07, 6.45) is 5.96. The summed E-state index contributed by atoms with van der Waals surface area (Å²) in [4.78, 5) is 0. The lowest BCUT2D eigenvalue weighted by Gasteiger charge is -2.48. The van der Waals surface area contributed by atoms with Gasteiger partial charge in [0.1, 0.15) is 0 Å². The first-order valence-corrected chi connectivity index (χ1v) is 6.97. The topological polar surface area (TPSA) is 0 Å². The van der Waals surface area contributed by atoms with Gasteiger partial charge in [-0.3, -0.25) is 0 Å². The molecule has 0 radical (unpaired) electrons. The quantitative estimate of drug-likeness (QED) is 0.584. The van der Waals surface area contributed by atoms with Gasteiger partial charge in [0.15, 0.2) is 0 Å². The molecule has 0 saturated heterocycles. The summed E-state index contributed by atoms with van der Waals surface area (Å²) in [7, 11) is 0. The molecule has 0 heterocycles. The van der Waals surface area contributed by atoms with Gasteiger partial charge in [-0.15, -0.1) is 0 Å². The molecule has 0 spiro atoms. The van der Waals surface area contributed by atoms with Gasteiger partial charge in [0.2, 0.25) is 0 Å². The van der Waals surface area contributed by atoms with E-state index in [9.17, 15) is 0 Å². The Morgan fingerprint density at radius 3 is 2.33 bits per heavy atom. The molecule has 0 N–H and O–H groups in total. The minimum atomic E-state index is 0.685. The molecule has 0 amide bonds. The second-order valence-corrected chi connectivity index (χ2v) is 6.90. The van der Waals surface area contributed by atoms with E-state index >= 15 is 0 Å². The van der Waals surface area contributed by atoms with Crippen molar-refractivity contribution in [3.63, 3.8) is 0 Å². The van der Waals surface area contributed by atoms with E-state index in [4.69, 9.17) is 0 Å². The third-order valence-corrected chi connectivity index (χ3v) is 6.07. The van der Waals surface area contributed by atoms with E-state index < -0.39 is 0 Å². The Labute approximate surface area is 95.8 Å². The standard InChI is InChI=1S/C15H28/c1-10(2)13-8-9-15(5)11(3)6-7-14(15)12(13)4/h10-14H,6-9H2,1-5H3/t11-,12-,13-,14?,15-/m0/s1. The van der Waals surface area contributed by atoms with Gasteiger partial charge in [0, 0.05) is 0 Å². The Balaban J connectivity index is 2.17. The molecule has 88 valence electrons. The molecule has 2 aliphatic carbocycles. The van der Waals surface area contributed by atoms with Crippen LogP contribution in [-0.4, -0.2) is 0 Å². The molecule has 15 heavy (non-hydrogen) atoms. The first-order valence-electron chi connectivity index (χ1n) is 6.97. The Morgan fingerprint density at radius 1 is 1.07 bits per heavy atom. The van der Waals surface area contributed by atoms with E-state index in [1.54, 1.807) is 0 Å². The largest absolute Gasteiger partial charge is 0.0625 e. The van der Waals surface area contributed by atoms with Crippen molar-refractivity contribution in [3.05, 3.63) is 0 Å². The molecular formula is C15H28. The Bertz CT molecular complexity index is 230. The van der Waals surface area contributed by atoms with E-state index in [1.165, 1.54) is 25.7 Å². The van der Waals surface area contributed by atoms with Crippen molar-refractivity contribution in [2.75, 3.05) is 0 Å². The fraction of sp³-hybridized carbons (Fsp3) is 1.00. The first-order chi connectivity index (χ1) is 6.97. The normalized spacial score (nSPS) is 50.8. The van der Waals surface area contributed by atoms with Gasteiger partial charge in [-0.1, -0.05) is 34.6 Å². The fourth-order valence-corrected chi connectivity index (χ4v) is 4.73. The summed E-state index contributed by atoms with van der Waals surface area (Å²) in [5.74, 6) is 4.84. The zero-order chi connectivity index (χ0) is 11.2. The van der Waals surface area contributed by atoms with E-state index in [0.29, 0.717) is 5.41 Å². The lowest BCUT2D eigenvalue weighted by Crippen LogP contribution is -2.41. The van der Waals surface area contributed by atoms with Crippen LogP contribution in [0.4, 0.5) is 0 Å². The fourth-order valence-electron chi connectivity index (χ4n) is 4.73. The lowest BCUT2D eigenvalue weighted by molar-refractivity contribution is 0.00881. The van der Waals surface area contributed by atoms with Gasteiger partial charge in [0.05, 0.1) is 0 Å². The molecule has 2 saturated carbocycles. The first kappa shape index (κ1) is 11.5. The zero-order valence-electron chi connectivity index (χ0n) is 11.2.